The van der Waals surface area contributed by atoms with Gasteiger partial charge in [0.15, 0.2) is 5.41 Å². The average molecular weight is 224 g/mol. The first-order valence-corrected chi connectivity index (χ1v) is 5.43. The second-order valence-electron chi connectivity index (χ2n) is 5.14. The number of esters is 2. The summed E-state index contributed by atoms with van der Waals surface area (Å²) < 4.78 is 10.3. The lowest BCUT2D eigenvalue weighted by molar-refractivity contribution is -0.247. The summed E-state index contributed by atoms with van der Waals surface area (Å²) in [4.78, 5) is 23.9. The Morgan fingerprint density at radius 2 is 1.75 bits per heavy atom. The Hall–Kier alpha value is -1.32. The van der Waals surface area contributed by atoms with Crippen LogP contribution in [0.1, 0.15) is 34.1 Å². The van der Waals surface area contributed by atoms with Crippen LogP contribution in [0.25, 0.3) is 0 Å². The highest BCUT2D eigenvalue weighted by molar-refractivity contribution is 6.04. The second kappa shape index (κ2) is 3.09. The molecule has 4 nitrogen and oxygen atoms in total. The predicted octanol–water partition coefficient (Wildman–Crippen LogP) is 1.79. The maximum absolute atomic E-state index is 12.0. The number of cyclic esters (lactones) is 2. The minimum absolute atomic E-state index is 0.210. The maximum atomic E-state index is 12.0. The van der Waals surface area contributed by atoms with Crippen LogP contribution in [-0.2, 0) is 19.1 Å². The third kappa shape index (κ3) is 1.44. The molecule has 2 aliphatic rings. The average Bonchev–Trinajstić information content (AvgIpc) is 2.40. The molecule has 1 atom stereocenters. The second-order valence-corrected chi connectivity index (χ2v) is 5.14. The monoisotopic (exact) mass is 224 g/mol. The van der Waals surface area contributed by atoms with Crippen LogP contribution in [0.2, 0.25) is 0 Å². The van der Waals surface area contributed by atoms with Gasteiger partial charge in [0.25, 0.3) is 5.79 Å². The molecule has 4 heteroatoms. The number of hydrogen-bond donors (Lipinski definition) is 0. The van der Waals surface area contributed by atoms with Crippen molar-refractivity contribution in [3.8, 4) is 0 Å². The zero-order valence-corrected chi connectivity index (χ0v) is 9.99. The standard InChI is InChI=1S/C12H16O4/c1-7-5-12(6-8(7)2)9(13)15-11(3,4)16-10(12)14/h5,8H,6H2,1-4H3. The van der Waals surface area contributed by atoms with Gasteiger partial charge in [-0.1, -0.05) is 18.6 Å². The molecular weight excluding hydrogens is 208 g/mol. The molecule has 0 aromatic heterocycles. The van der Waals surface area contributed by atoms with Crippen LogP contribution in [0.4, 0.5) is 0 Å². The van der Waals surface area contributed by atoms with Crippen LogP contribution in [-0.4, -0.2) is 17.7 Å². The van der Waals surface area contributed by atoms with E-state index in [0.717, 1.165) is 5.57 Å². The minimum Gasteiger partial charge on any atom is -0.422 e. The SMILES string of the molecule is CC1=CC2(CC1C)C(=O)OC(C)(C)OC2=O. The molecule has 88 valence electrons. The third-order valence-corrected chi connectivity index (χ3v) is 3.29. The van der Waals surface area contributed by atoms with E-state index in [9.17, 15) is 9.59 Å². The largest absolute Gasteiger partial charge is 0.422 e. The van der Waals surface area contributed by atoms with Crippen molar-refractivity contribution in [2.75, 3.05) is 0 Å². The summed E-state index contributed by atoms with van der Waals surface area (Å²) in [6.45, 7) is 7.02. The molecule has 1 heterocycles. The van der Waals surface area contributed by atoms with Crippen LogP contribution in [0.15, 0.2) is 11.6 Å². The maximum Gasteiger partial charge on any atom is 0.330 e. The highest BCUT2D eigenvalue weighted by Gasteiger charge is 2.57. The van der Waals surface area contributed by atoms with Crippen LogP contribution in [0.3, 0.4) is 0 Å². The van der Waals surface area contributed by atoms with Crippen LogP contribution in [0, 0.1) is 11.3 Å². The molecule has 1 aliphatic carbocycles. The van der Waals surface area contributed by atoms with Crippen molar-refractivity contribution in [2.45, 2.75) is 39.9 Å². The van der Waals surface area contributed by atoms with Gasteiger partial charge in [-0.15, -0.1) is 0 Å². The molecule has 0 saturated carbocycles. The van der Waals surface area contributed by atoms with Gasteiger partial charge in [0.2, 0.25) is 0 Å². The Kier molecular flexibility index (Phi) is 2.16. The summed E-state index contributed by atoms with van der Waals surface area (Å²) in [5.41, 5.74) is -0.160. The molecule has 0 aromatic carbocycles. The third-order valence-electron chi connectivity index (χ3n) is 3.29. The molecule has 16 heavy (non-hydrogen) atoms. The van der Waals surface area contributed by atoms with Gasteiger partial charge < -0.3 is 9.47 Å². The van der Waals surface area contributed by atoms with Crippen molar-refractivity contribution in [1.29, 1.82) is 0 Å². The van der Waals surface area contributed by atoms with E-state index in [2.05, 4.69) is 0 Å². The van der Waals surface area contributed by atoms with E-state index in [-0.39, 0.29) is 5.92 Å². The van der Waals surface area contributed by atoms with Crippen LogP contribution in [0.5, 0.6) is 0 Å². The van der Waals surface area contributed by atoms with Gasteiger partial charge in [-0.2, -0.15) is 0 Å². The van der Waals surface area contributed by atoms with Crippen molar-refractivity contribution >= 4 is 11.9 Å². The summed E-state index contributed by atoms with van der Waals surface area (Å²) in [6, 6.07) is 0. The first-order valence-electron chi connectivity index (χ1n) is 5.43. The van der Waals surface area contributed by atoms with Gasteiger partial charge in [-0.3, -0.25) is 9.59 Å². The van der Waals surface area contributed by atoms with Crippen molar-refractivity contribution in [3.63, 3.8) is 0 Å². The Morgan fingerprint density at radius 3 is 2.12 bits per heavy atom. The van der Waals surface area contributed by atoms with Crippen molar-refractivity contribution < 1.29 is 19.1 Å². The van der Waals surface area contributed by atoms with Gasteiger partial charge in [-0.25, -0.2) is 0 Å². The molecule has 1 unspecified atom stereocenters. The molecule has 1 saturated heterocycles. The summed E-state index contributed by atoms with van der Waals surface area (Å²) in [7, 11) is 0. The van der Waals surface area contributed by atoms with E-state index in [1.807, 2.05) is 13.8 Å². The van der Waals surface area contributed by atoms with Crippen LogP contribution >= 0.6 is 0 Å². The van der Waals surface area contributed by atoms with Gasteiger partial charge in [0.05, 0.1) is 0 Å². The summed E-state index contributed by atoms with van der Waals surface area (Å²) in [6.07, 6.45) is 2.14. The highest BCUT2D eigenvalue weighted by atomic mass is 16.7. The fraction of sp³-hybridized carbons (Fsp3) is 0.667. The lowest BCUT2D eigenvalue weighted by Gasteiger charge is -2.37. The zero-order chi connectivity index (χ0) is 12.1. The first-order chi connectivity index (χ1) is 7.27. The van der Waals surface area contributed by atoms with E-state index in [0.29, 0.717) is 6.42 Å². The van der Waals surface area contributed by atoms with E-state index in [1.54, 1.807) is 19.9 Å². The lowest BCUT2D eigenvalue weighted by Crippen LogP contribution is -2.52. The topological polar surface area (TPSA) is 52.6 Å². The van der Waals surface area contributed by atoms with Crippen molar-refractivity contribution in [1.82, 2.24) is 0 Å². The van der Waals surface area contributed by atoms with Gasteiger partial charge >= 0.3 is 11.9 Å². The number of rotatable bonds is 0. The molecule has 0 aromatic rings. The Morgan fingerprint density at radius 1 is 1.25 bits per heavy atom. The summed E-state index contributed by atoms with van der Waals surface area (Å²) in [5, 5.41) is 0. The number of hydrogen-bond acceptors (Lipinski definition) is 4. The Bertz CT molecular complexity index is 372. The normalized spacial score (nSPS) is 31.0. The molecule has 1 aliphatic heterocycles. The summed E-state index contributed by atoms with van der Waals surface area (Å²) in [5.74, 6) is -1.91. The molecule has 0 N–H and O–H groups in total. The lowest BCUT2D eigenvalue weighted by atomic mass is 9.84. The van der Waals surface area contributed by atoms with Gasteiger partial charge in [0.1, 0.15) is 0 Å². The van der Waals surface area contributed by atoms with E-state index in [1.165, 1.54) is 0 Å². The quantitative estimate of drug-likeness (QED) is 0.357. The number of carbonyl (C=O) groups excluding carboxylic acids is 2. The smallest absolute Gasteiger partial charge is 0.330 e. The summed E-state index contributed by atoms with van der Waals surface area (Å²) >= 11 is 0. The molecule has 2 rings (SSSR count). The molecule has 0 bridgehead atoms. The fourth-order valence-electron chi connectivity index (χ4n) is 2.25. The van der Waals surface area contributed by atoms with Crippen molar-refractivity contribution in [2.24, 2.45) is 11.3 Å². The van der Waals surface area contributed by atoms with E-state index >= 15 is 0 Å². The van der Waals surface area contributed by atoms with E-state index < -0.39 is 23.1 Å². The predicted molar refractivity (Wildman–Crippen MR) is 56.2 cm³/mol. The number of carbonyl (C=O) groups is 2. The molecular formula is C12H16O4. The molecule has 0 radical (unpaired) electrons. The number of ether oxygens (including phenoxy) is 2. The van der Waals surface area contributed by atoms with Crippen molar-refractivity contribution in [3.05, 3.63) is 11.6 Å². The molecule has 1 fully saturated rings. The Balaban J connectivity index is 2.38. The van der Waals surface area contributed by atoms with Crippen LogP contribution < -0.4 is 0 Å². The Labute approximate surface area is 94.6 Å². The fourth-order valence-corrected chi connectivity index (χ4v) is 2.25. The minimum atomic E-state index is -1.20. The molecule has 1 spiro atoms. The number of allylic oxidation sites excluding steroid dienone is 1. The first kappa shape index (κ1) is 11.2. The van der Waals surface area contributed by atoms with Gasteiger partial charge in [-0.05, 0) is 19.3 Å². The zero-order valence-electron chi connectivity index (χ0n) is 9.99. The highest BCUT2D eigenvalue weighted by Crippen LogP contribution is 2.45. The van der Waals surface area contributed by atoms with Gasteiger partial charge in [0, 0.05) is 13.8 Å². The molecule has 0 amide bonds. The van der Waals surface area contributed by atoms with E-state index in [4.69, 9.17) is 9.47 Å².